The number of aliphatic imine (C=N–C) groups is 1. The molecule has 0 bridgehead atoms. The summed E-state index contributed by atoms with van der Waals surface area (Å²) in [6, 6.07) is 6.92. The Bertz CT molecular complexity index is 571. The highest BCUT2D eigenvalue weighted by atomic mass is 127. The fourth-order valence-corrected chi connectivity index (χ4v) is 3.15. The van der Waals surface area contributed by atoms with Gasteiger partial charge < -0.3 is 20.1 Å². The van der Waals surface area contributed by atoms with Crippen molar-refractivity contribution in [3.63, 3.8) is 0 Å². The first-order valence-electron chi connectivity index (χ1n) is 9.84. The van der Waals surface area contributed by atoms with Crippen molar-refractivity contribution >= 4 is 29.9 Å². The van der Waals surface area contributed by atoms with Gasteiger partial charge in [-0.25, -0.2) is 4.39 Å². The molecular weight excluding hydrogens is 474 g/mol. The molecule has 0 saturated carbocycles. The molecule has 0 amide bonds. The Morgan fingerprint density at radius 1 is 1.29 bits per heavy atom. The average molecular weight is 508 g/mol. The van der Waals surface area contributed by atoms with Gasteiger partial charge in [0.1, 0.15) is 5.82 Å². The number of guanidine groups is 1. The SMILES string of the molecule is CCOCCCCNC(=NC)NCC(c1cccc(F)c1)N1CCOCC1.I. The summed E-state index contributed by atoms with van der Waals surface area (Å²) in [5.74, 6) is 0.559. The van der Waals surface area contributed by atoms with Gasteiger partial charge in [-0.2, -0.15) is 0 Å². The lowest BCUT2D eigenvalue weighted by atomic mass is 10.0. The van der Waals surface area contributed by atoms with Gasteiger partial charge in [-0.3, -0.25) is 9.89 Å². The van der Waals surface area contributed by atoms with E-state index < -0.39 is 0 Å². The lowest BCUT2D eigenvalue weighted by molar-refractivity contribution is 0.0169. The number of nitrogens with one attached hydrogen (secondary N) is 2. The smallest absolute Gasteiger partial charge is 0.191 e. The van der Waals surface area contributed by atoms with E-state index in [0.29, 0.717) is 19.8 Å². The Morgan fingerprint density at radius 2 is 2.07 bits per heavy atom. The van der Waals surface area contributed by atoms with Gasteiger partial charge in [0, 0.05) is 46.4 Å². The van der Waals surface area contributed by atoms with Crippen LogP contribution in [-0.2, 0) is 9.47 Å². The van der Waals surface area contributed by atoms with E-state index in [2.05, 4.69) is 20.5 Å². The predicted molar refractivity (Wildman–Crippen MR) is 122 cm³/mol. The van der Waals surface area contributed by atoms with E-state index in [9.17, 15) is 4.39 Å². The number of halogens is 2. The van der Waals surface area contributed by atoms with Crippen LogP contribution in [0.2, 0.25) is 0 Å². The zero-order chi connectivity index (χ0) is 19.3. The number of rotatable bonds is 10. The highest BCUT2D eigenvalue weighted by Crippen LogP contribution is 2.22. The van der Waals surface area contributed by atoms with E-state index in [1.165, 1.54) is 6.07 Å². The second-order valence-corrected chi connectivity index (χ2v) is 6.50. The zero-order valence-corrected chi connectivity index (χ0v) is 19.3. The molecule has 1 heterocycles. The van der Waals surface area contributed by atoms with E-state index >= 15 is 0 Å². The average Bonchev–Trinajstić information content (AvgIpc) is 2.70. The van der Waals surface area contributed by atoms with Crippen LogP contribution in [0.15, 0.2) is 29.3 Å². The van der Waals surface area contributed by atoms with Gasteiger partial charge in [-0.15, -0.1) is 24.0 Å². The van der Waals surface area contributed by atoms with Gasteiger partial charge in [0.05, 0.1) is 19.3 Å². The number of ether oxygens (including phenoxy) is 2. The first kappa shape index (κ1) is 25.1. The van der Waals surface area contributed by atoms with Crippen molar-refractivity contribution in [1.82, 2.24) is 15.5 Å². The summed E-state index contributed by atoms with van der Waals surface area (Å²) in [7, 11) is 1.77. The van der Waals surface area contributed by atoms with Crippen LogP contribution in [0.5, 0.6) is 0 Å². The Balaban J connectivity index is 0.00000392. The van der Waals surface area contributed by atoms with Crippen LogP contribution >= 0.6 is 24.0 Å². The largest absolute Gasteiger partial charge is 0.382 e. The molecule has 0 aromatic heterocycles. The summed E-state index contributed by atoms with van der Waals surface area (Å²) in [6.45, 7) is 8.16. The molecule has 1 saturated heterocycles. The molecule has 6 nitrogen and oxygen atoms in total. The zero-order valence-electron chi connectivity index (χ0n) is 17.0. The summed E-state index contributed by atoms with van der Waals surface area (Å²) in [6.07, 6.45) is 2.05. The maximum Gasteiger partial charge on any atom is 0.191 e. The predicted octanol–water partition coefficient (Wildman–Crippen LogP) is 2.80. The molecule has 28 heavy (non-hydrogen) atoms. The summed E-state index contributed by atoms with van der Waals surface area (Å²) in [5.41, 5.74) is 0.969. The van der Waals surface area contributed by atoms with Crippen molar-refractivity contribution in [3.8, 4) is 0 Å². The summed E-state index contributed by atoms with van der Waals surface area (Å²) < 4.78 is 24.6. The maximum absolute atomic E-state index is 13.7. The van der Waals surface area contributed by atoms with Crippen LogP contribution in [-0.4, -0.2) is 70.5 Å². The van der Waals surface area contributed by atoms with E-state index in [-0.39, 0.29) is 35.8 Å². The Kier molecular flexibility index (Phi) is 13.4. The molecule has 1 fully saturated rings. The molecular formula is C20H34FIN4O2. The van der Waals surface area contributed by atoms with Crippen LogP contribution in [0.1, 0.15) is 31.4 Å². The van der Waals surface area contributed by atoms with Crippen LogP contribution in [0.3, 0.4) is 0 Å². The third-order valence-electron chi connectivity index (χ3n) is 4.62. The van der Waals surface area contributed by atoms with Crippen molar-refractivity contribution in [1.29, 1.82) is 0 Å². The molecule has 1 aliphatic rings. The highest BCUT2D eigenvalue weighted by molar-refractivity contribution is 14.0. The van der Waals surface area contributed by atoms with Crippen LogP contribution < -0.4 is 10.6 Å². The van der Waals surface area contributed by atoms with Crippen molar-refractivity contribution in [2.75, 3.05) is 59.7 Å². The standard InChI is InChI=1S/C20H33FN4O2.HI/c1-3-26-12-5-4-9-23-20(22-2)24-16-19(25-10-13-27-14-11-25)17-7-6-8-18(21)15-17;/h6-8,15,19H,3-5,9-14,16H2,1-2H3,(H2,22,23,24);1H. The van der Waals surface area contributed by atoms with Crippen molar-refractivity contribution in [3.05, 3.63) is 35.6 Å². The van der Waals surface area contributed by atoms with Gasteiger partial charge in [-0.05, 0) is 37.5 Å². The summed E-state index contributed by atoms with van der Waals surface area (Å²) >= 11 is 0. The minimum absolute atomic E-state index is 0. The normalized spacial score (nSPS) is 16.3. The van der Waals surface area contributed by atoms with Crippen LogP contribution in [0.4, 0.5) is 4.39 Å². The Morgan fingerprint density at radius 3 is 2.75 bits per heavy atom. The fraction of sp³-hybridized carbons (Fsp3) is 0.650. The second kappa shape index (κ2) is 14.9. The highest BCUT2D eigenvalue weighted by Gasteiger charge is 2.23. The van der Waals surface area contributed by atoms with E-state index in [4.69, 9.17) is 9.47 Å². The molecule has 1 aromatic rings. The van der Waals surface area contributed by atoms with Gasteiger partial charge in [0.15, 0.2) is 5.96 Å². The van der Waals surface area contributed by atoms with E-state index in [1.54, 1.807) is 19.2 Å². The topological polar surface area (TPSA) is 58.1 Å². The molecule has 8 heteroatoms. The maximum atomic E-state index is 13.7. The molecule has 1 aromatic carbocycles. The minimum atomic E-state index is -0.206. The van der Waals surface area contributed by atoms with Crippen molar-refractivity contribution < 1.29 is 13.9 Å². The number of morpholine rings is 1. The number of hydrogen-bond donors (Lipinski definition) is 2. The number of hydrogen-bond acceptors (Lipinski definition) is 4. The molecule has 1 aliphatic heterocycles. The minimum Gasteiger partial charge on any atom is -0.382 e. The van der Waals surface area contributed by atoms with Crippen LogP contribution in [0.25, 0.3) is 0 Å². The molecule has 160 valence electrons. The Labute approximate surface area is 185 Å². The molecule has 0 aliphatic carbocycles. The van der Waals surface area contributed by atoms with Gasteiger partial charge in [0.2, 0.25) is 0 Å². The molecule has 2 rings (SSSR count). The van der Waals surface area contributed by atoms with Crippen molar-refractivity contribution in [2.24, 2.45) is 4.99 Å². The third kappa shape index (κ3) is 9.02. The number of unbranched alkanes of at least 4 members (excludes halogenated alkanes) is 1. The lowest BCUT2D eigenvalue weighted by Crippen LogP contribution is -2.46. The monoisotopic (exact) mass is 508 g/mol. The van der Waals surface area contributed by atoms with Crippen molar-refractivity contribution in [2.45, 2.75) is 25.8 Å². The first-order valence-corrected chi connectivity index (χ1v) is 9.84. The molecule has 1 unspecified atom stereocenters. The molecule has 0 radical (unpaired) electrons. The van der Waals surface area contributed by atoms with Gasteiger partial charge >= 0.3 is 0 Å². The van der Waals surface area contributed by atoms with Gasteiger partial charge in [0.25, 0.3) is 0 Å². The first-order chi connectivity index (χ1) is 13.2. The molecule has 1 atom stereocenters. The summed E-state index contributed by atoms with van der Waals surface area (Å²) in [4.78, 5) is 6.63. The number of benzene rings is 1. The molecule has 2 N–H and O–H groups in total. The second-order valence-electron chi connectivity index (χ2n) is 6.50. The van der Waals surface area contributed by atoms with E-state index in [0.717, 1.165) is 57.2 Å². The Hall–Kier alpha value is -0.970. The number of nitrogens with zero attached hydrogens (tertiary/aromatic N) is 2. The quantitative estimate of drug-likeness (QED) is 0.221. The lowest BCUT2D eigenvalue weighted by Gasteiger charge is -2.35. The van der Waals surface area contributed by atoms with E-state index in [1.807, 2.05) is 13.0 Å². The van der Waals surface area contributed by atoms with Gasteiger partial charge in [-0.1, -0.05) is 12.1 Å². The summed E-state index contributed by atoms with van der Waals surface area (Å²) in [5, 5.41) is 6.72. The molecule has 0 spiro atoms. The van der Waals surface area contributed by atoms with Crippen LogP contribution in [0, 0.1) is 5.82 Å². The third-order valence-corrected chi connectivity index (χ3v) is 4.62. The fourth-order valence-electron chi connectivity index (χ4n) is 3.15.